The van der Waals surface area contributed by atoms with Crippen LogP contribution in [0.1, 0.15) is 39.0 Å². The van der Waals surface area contributed by atoms with Crippen LogP contribution in [-0.2, 0) is 4.79 Å². The lowest BCUT2D eigenvalue weighted by Gasteiger charge is -2.25. The molecule has 0 amide bonds. The maximum atomic E-state index is 14.3. The van der Waals surface area contributed by atoms with Crippen molar-refractivity contribution in [1.82, 2.24) is 0 Å². The van der Waals surface area contributed by atoms with Crippen molar-refractivity contribution in [3.63, 3.8) is 0 Å². The molecule has 78 valence electrons. The normalized spacial score (nSPS) is 39.3. The van der Waals surface area contributed by atoms with Crippen LogP contribution in [0.4, 0.5) is 4.39 Å². The maximum absolute atomic E-state index is 14.3. The Morgan fingerprint density at radius 1 is 1.57 bits per heavy atom. The molecule has 0 heterocycles. The van der Waals surface area contributed by atoms with Crippen molar-refractivity contribution in [2.45, 2.75) is 44.7 Å². The number of hydrogen-bond donors (Lipinski definition) is 0. The van der Waals surface area contributed by atoms with E-state index >= 15 is 0 Å². The highest BCUT2D eigenvalue weighted by molar-refractivity contribution is 5.88. The molecular weight excluding hydrogens is 179 g/mol. The highest BCUT2D eigenvalue weighted by Crippen LogP contribution is 2.49. The second-order valence-electron chi connectivity index (χ2n) is 4.58. The number of carbonyl (C=O) groups excluding carboxylic acids is 1. The zero-order chi connectivity index (χ0) is 10.2. The number of allylic oxidation sites excluding steroid dienone is 2. The van der Waals surface area contributed by atoms with Crippen LogP contribution < -0.4 is 0 Å². The molecule has 0 aromatic heterocycles. The minimum atomic E-state index is -1.51. The number of rotatable bonds is 4. The van der Waals surface area contributed by atoms with Gasteiger partial charge in [-0.1, -0.05) is 25.5 Å². The molecule has 0 saturated heterocycles. The van der Waals surface area contributed by atoms with E-state index in [1.165, 1.54) is 0 Å². The van der Waals surface area contributed by atoms with Crippen molar-refractivity contribution < 1.29 is 9.18 Å². The van der Waals surface area contributed by atoms with Crippen molar-refractivity contribution in [3.8, 4) is 0 Å². The summed E-state index contributed by atoms with van der Waals surface area (Å²) in [6, 6.07) is 0. The van der Waals surface area contributed by atoms with E-state index in [0.29, 0.717) is 18.8 Å². The highest BCUT2D eigenvalue weighted by atomic mass is 19.1. The Bertz CT molecular complexity index is 271. The molecule has 14 heavy (non-hydrogen) atoms. The van der Waals surface area contributed by atoms with Crippen LogP contribution in [0.25, 0.3) is 0 Å². The molecule has 2 bridgehead atoms. The molecule has 1 nitrogen and oxygen atoms in total. The Hall–Kier alpha value is -0.660. The molecule has 1 saturated carbocycles. The fourth-order valence-corrected chi connectivity index (χ4v) is 2.66. The molecule has 0 N–H and O–H groups in total. The van der Waals surface area contributed by atoms with Gasteiger partial charge in [0.15, 0.2) is 11.5 Å². The summed E-state index contributed by atoms with van der Waals surface area (Å²) in [7, 11) is 0. The second-order valence-corrected chi connectivity index (χ2v) is 4.58. The Kier molecular flexibility index (Phi) is 2.46. The van der Waals surface area contributed by atoms with Gasteiger partial charge in [0.05, 0.1) is 0 Å². The molecule has 1 fully saturated rings. The zero-order valence-corrected chi connectivity index (χ0v) is 8.63. The van der Waals surface area contributed by atoms with Crippen LogP contribution in [0.15, 0.2) is 12.2 Å². The van der Waals surface area contributed by atoms with E-state index in [2.05, 4.69) is 6.08 Å². The molecule has 0 radical (unpaired) electrons. The SMILES string of the molecule is CCCCC(=O)[C@]1(F)CC2C=CC1C2. The Labute approximate surface area is 84.4 Å². The van der Waals surface area contributed by atoms with Gasteiger partial charge in [0.2, 0.25) is 0 Å². The highest BCUT2D eigenvalue weighted by Gasteiger charge is 2.53. The number of halogens is 1. The van der Waals surface area contributed by atoms with Gasteiger partial charge in [-0.3, -0.25) is 4.79 Å². The first-order valence-corrected chi connectivity index (χ1v) is 5.57. The monoisotopic (exact) mass is 196 g/mol. The fraction of sp³-hybridized carbons (Fsp3) is 0.750. The van der Waals surface area contributed by atoms with Crippen molar-refractivity contribution in [3.05, 3.63) is 12.2 Å². The summed E-state index contributed by atoms with van der Waals surface area (Å²) in [6.07, 6.45) is 7.47. The van der Waals surface area contributed by atoms with Crippen molar-refractivity contribution in [1.29, 1.82) is 0 Å². The Balaban J connectivity index is 2.03. The molecule has 0 aromatic carbocycles. The summed E-state index contributed by atoms with van der Waals surface area (Å²) >= 11 is 0. The smallest absolute Gasteiger partial charge is 0.175 e. The van der Waals surface area contributed by atoms with Gasteiger partial charge in [-0.15, -0.1) is 0 Å². The van der Waals surface area contributed by atoms with Gasteiger partial charge in [-0.05, 0) is 25.2 Å². The Morgan fingerprint density at radius 2 is 2.36 bits per heavy atom. The van der Waals surface area contributed by atoms with Crippen LogP contribution in [0.2, 0.25) is 0 Å². The number of hydrogen-bond acceptors (Lipinski definition) is 1. The molecule has 2 aliphatic rings. The van der Waals surface area contributed by atoms with Gasteiger partial charge in [0.25, 0.3) is 0 Å². The van der Waals surface area contributed by atoms with Gasteiger partial charge in [0, 0.05) is 12.3 Å². The summed E-state index contributed by atoms with van der Waals surface area (Å²) in [5.41, 5.74) is -1.51. The van der Waals surface area contributed by atoms with E-state index in [1.54, 1.807) is 0 Å². The minimum absolute atomic E-state index is 0.114. The van der Waals surface area contributed by atoms with Crippen molar-refractivity contribution >= 4 is 5.78 Å². The predicted molar refractivity (Wildman–Crippen MR) is 53.7 cm³/mol. The minimum Gasteiger partial charge on any atom is -0.296 e. The number of unbranched alkanes of at least 4 members (excludes halogenated alkanes) is 1. The average Bonchev–Trinajstić information content (AvgIpc) is 2.73. The third-order valence-corrected chi connectivity index (χ3v) is 3.54. The summed E-state index contributed by atoms with van der Waals surface area (Å²) in [6.45, 7) is 2.03. The van der Waals surface area contributed by atoms with E-state index in [-0.39, 0.29) is 11.7 Å². The molecule has 2 unspecified atom stereocenters. The third kappa shape index (κ3) is 1.41. The number of ketones is 1. The molecule has 0 spiro atoms. The molecule has 2 aliphatic carbocycles. The van der Waals surface area contributed by atoms with E-state index in [4.69, 9.17) is 0 Å². The quantitative estimate of drug-likeness (QED) is 0.631. The standard InChI is InChI=1S/C12H17FO/c1-2-3-4-11(14)12(13)8-9-5-6-10(12)7-9/h5-6,9-10H,2-4,7-8H2,1H3/t9?,10?,12-/m0/s1. The van der Waals surface area contributed by atoms with Crippen LogP contribution in [-0.4, -0.2) is 11.5 Å². The first-order valence-electron chi connectivity index (χ1n) is 5.57. The van der Waals surface area contributed by atoms with E-state index in [9.17, 15) is 9.18 Å². The van der Waals surface area contributed by atoms with E-state index in [0.717, 1.165) is 19.3 Å². The van der Waals surface area contributed by atoms with Gasteiger partial charge >= 0.3 is 0 Å². The Morgan fingerprint density at radius 3 is 2.86 bits per heavy atom. The van der Waals surface area contributed by atoms with Gasteiger partial charge < -0.3 is 0 Å². The third-order valence-electron chi connectivity index (χ3n) is 3.54. The van der Waals surface area contributed by atoms with Gasteiger partial charge in [0.1, 0.15) is 0 Å². The van der Waals surface area contributed by atoms with Crippen LogP contribution >= 0.6 is 0 Å². The topological polar surface area (TPSA) is 17.1 Å². The first kappa shape index (κ1) is 9.88. The molecule has 2 rings (SSSR count). The lowest BCUT2D eigenvalue weighted by molar-refractivity contribution is -0.132. The summed E-state index contributed by atoms with van der Waals surface area (Å²) in [5, 5.41) is 0. The lowest BCUT2D eigenvalue weighted by atomic mass is 9.84. The average molecular weight is 196 g/mol. The number of carbonyl (C=O) groups is 1. The molecule has 3 atom stereocenters. The van der Waals surface area contributed by atoms with Crippen molar-refractivity contribution in [2.24, 2.45) is 11.8 Å². The molecular formula is C12H17FO. The number of Topliss-reactive ketones (excluding diaryl/α,β-unsaturated/α-hetero) is 1. The molecule has 0 aliphatic heterocycles. The van der Waals surface area contributed by atoms with Gasteiger partial charge in [-0.2, -0.15) is 0 Å². The molecule has 2 heteroatoms. The van der Waals surface area contributed by atoms with Crippen LogP contribution in [0.5, 0.6) is 0 Å². The van der Waals surface area contributed by atoms with Crippen molar-refractivity contribution in [2.75, 3.05) is 0 Å². The summed E-state index contributed by atoms with van der Waals surface area (Å²) in [4.78, 5) is 11.7. The van der Waals surface area contributed by atoms with Crippen LogP contribution in [0, 0.1) is 11.8 Å². The summed E-state index contributed by atoms with van der Waals surface area (Å²) in [5.74, 6) is 0.0589. The maximum Gasteiger partial charge on any atom is 0.175 e. The molecule has 0 aromatic rings. The lowest BCUT2D eigenvalue weighted by Crippen LogP contribution is -2.37. The second kappa shape index (κ2) is 3.48. The van der Waals surface area contributed by atoms with E-state index < -0.39 is 5.67 Å². The number of alkyl halides is 1. The van der Waals surface area contributed by atoms with Crippen LogP contribution in [0.3, 0.4) is 0 Å². The van der Waals surface area contributed by atoms with E-state index in [1.807, 2.05) is 13.0 Å². The predicted octanol–water partition coefficient (Wildman–Crippen LogP) is 3.05. The number of fused-ring (bicyclic) bond motifs is 2. The zero-order valence-electron chi connectivity index (χ0n) is 8.63. The van der Waals surface area contributed by atoms with Gasteiger partial charge in [-0.25, -0.2) is 4.39 Å². The first-order chi connectivity index (χ1) is 6.66. The summed E-state index contributed by atoms with van der Waals surface area (Å²) < 4.78 is 14.3. The fourth-order valence-electron chi connectivity index (χ4n) is 2.66. The largest absolute Gasteiger partial charge is 0.296 e.